The smallest absolute Gasteiger partial charge is 0.260 e. The molecular formula is C19H26ClN3OS. The number of aryl methyl sites for hydroxylation is 2. The Kier molecular flexibility index (Phi) is 6.96. The van der Waals surface area contributed by atoms with Gasteiger partial charge in [0.2, 0.25) is 0 Å². The van der Waals surface area contributed by atoms with Crippen LogP contribution >= 0.6 is 23.4 Å². The maximum Gasteiger partial charge on any atom is 0.260 e. The molecule has 1 amide bonds. The van der Waals surface area contributed by atoms with Crippen LogP contribution in [-0.2, 0) is 7.05 Å². The lowest BCUT2D eigenvalue weighted by Crippen LogP contribution is -2.15. The number of anilines is 1. The predicted molar refractivity (Wildman–Crippen MR) is 108 cm³/mol. The largest absolute Gasteiger partial charge is 0.322 e. The Morgan fingerprint density at radius 3 is 2.64 bits per heavy atom. The monoisotopic (exact) mass is 379 g/mol. The van der Waals surface area contributed by atoms with E-state index in [2.05, 4.69) is 37.3 Å². The number of carbonyl (C=O) groups excluding carboxylic acids is 1. The lowest BCUT2D eigenvalue weighted by molar-refractivity contribution is 0.102. The van der Waals surface area contributed by atoms with E-state index in [-0.39, 0.29) is 5.91 Å². The average molecular weight is 380 g/mol. The number of nitrogens with zero attached hydrogens (tertiary/aromatic N) is 2. The summed E-state index contributed by atoms with van der Waals surface area (Å²) >= 11 is 8.15. The van der Waals surface area contributed by atoms with Gasteiger partial charge in [-0.2, -0.15) is 16.9 Å². The van der Waals surface area contributed by atoms with Gasteiger partial charge in [0.05, 0.1) is 11.3 Å². The van der Waals surface area contributed by atoms with E-state index >= 15 is 0 Å². The van der Waals surface area contributed by atoms with Crippen molar-refractivity contribution in [2.75, 3.05) is 5.32 Å². The van der Waals surface area contributed by atoms with Crippen LogP contribution in [-0.4, -0.2) is 20.9 Å². The van der Waals surface area contributed by atoms with E-state index in [0.29, 0.717) is 26.9 Å². The molecule has 0 saturated heterocycles. The number of carbonyl (C=O) groups is 1. The maximum atomic E-state index is 12.7. The fourth-order valence-electron chi connectivity index (χ4n) is 2.93. The summed E-state index contributed by atoms with van der Waals surface area (Å²) in [5.41, 5.74) is 3.01. The number of thioether (sulfide) groups is 1. The molecule has 2 rings (SSSR count). The number of aromatic nitrogens is 2. The normalized spacial score (nSPS) is 13.5. The molecule has 2 atom stereocenters. The van der Waals surface area contributed by atoms with Crippen LogP contribution in [0.4, 0.5) is 5.69 Å². The number of nitrogens with one attached hydrogen (secondary N) is 1. The third-order valence-electron chi connectivity index (χ3n) is 4.16. The summed E-state index contributed by atoms with van der Waals surface area (Å²) < 4.78 is 1.52. The van der Waals surface area contributed by atoms with Crippen molar-refractivity contribution in [1.29, 1.82) is 0 Å². The van der Waals surface area contributed by atoms with E-state index in [4.69, 9.17) is 11.6 Å². The molecule has 1 aromatic heterocycles. The average Bonchev–Trinajstić information content (AvgIpc) is 2.80. The molecule has 0 aliphatic heterocycles. The summed E-state index contributed by atoms with van der Waals surface area (Å²) in [4.78, 5) is 12.7. The first kappa shape index (κ1) is 19.9. The predicted octanol–water partition coefficient (Wildman–Crippen LogP) is 5.62. The molecule has 0 fully saturated rings. The van der Waals surface area contributed by atoms with Gasteiger partial charge >= 0.3 is 0 Å². The fraction of sp³-hybridized carbons (Fsp3) is 0.474. The lowest BCUT2D eigenvalue weighted by Gasteiger charge is -2.20. The zero-order valence-corrected chi connectivity index (χ0v) is 17.0. The van der Waals surface area contributed by atoms with Gasteiger partial charge in [0, 0.05) is 23.2 Å². The quantitative estimate of drug-likeness (QED) is 0.679. The molecule has 136 valence electrons. The SMILES string of the molecule is CCCC(C)SC(C)c1ccccc1NC(=O)c1c(C)nn(C)c1Cl. The number of hydrogen-bond donors (Lipinski definition) is 1. The maximum absolute atomic E-state index is 12.7. The molecule has 0 aliphatic carbocycles. The first-order valence-corrected chi connectivity index (χ1v) is 9.92. The van der Waals surface area contributed by atoms with E-state index in [0.717, 1.165) is 11.3 Å². The molecule has 0 aliphatic rings. The van der Waals surface area contributed by atoms with Gasteiger partial charge in [0.15, 0.2) is 0 Å². The van der Waals surface area contributed by atoms with Gasteiger partial charge in [-0.05, 0) is 31.9 Å². The Bertz CT molecular complexity index is 744. The number of halogens is 1. The highest BCUT2D eigenvalue weighted by atomic mass is 35.5. The standard InChI is InChI=1S/C19H26ClN3OS/c1-6-9-12(2)25-14(4)15-10-7-8-11-16(15)21-19(24)17-13(3)22-23(5)18(17)20/h7-8,10-12,14H,6,9H2,1-5H3,(H,21,24). The van der Waals surface area contributed by atoms with Crippen molar-refractivity contribution in [3.05, 3.63) is 46.2 Å². The van der Waals surface area contributed by atoms with Crippen molar-refractivity contribution in [3.63, 3.8) is 0 Å². The Labute approximate surface area is 159 Å². The van der Waals surface area contributed by atoms with Gasteiger partial charge in [-0.15, -0.1) is 0 Å². The van der Waals surface area contributed by atoms with Gasteiger partial charge in [-0.1, -0.05) is 50.1 Å². The molecule has 1 heterocycles. The van der Waals surface area contributed by atoms with Crippen LogP contribution in [0, 0.1) is 6.92 Å². The molecule has 25 heavy (non-hydrogen) atoms. The van der Waals surface area contributed by atoms with E-state index in [1.54, 1.807) is 14.0 Å². The molecule has 6 heteroatoms. The van der Waals surface area contributed by atoms with Gasteiger partial charge in [-0.25, -0.2) is 0 Å². The third kappa shape index (κ3) is 4.79. The van der Waals surface area contributed by atoms with Crippen LogP contribution in [0.15, 0.2) is 24.3 Å². The van der Waals surface area contributed by atoms with Crippen molar-refractivity contribution < 1.29 is 4.79 Å². The van der Waals surface area contributed by atoms with Gasteiger partial charge in [0.1, 0.15) is 5.15 Å². The number of benzene rings is 1. The minimum atomic E-state index is -0.221. The second-order valence-corrected chi connectivity index (χ2v) is 8.44. The van der Waals surface area contributed by atoms with Crippen LogP contribution < -0.4 is 5.32 Å². The minimum Gasteiger partial charge on any atom is -0.322 e. The summed E-state index contributed by atoms with van der Waals surface area (Å²) in [6, 6.07) is 7.95. The van der Waals surface area contributed by atoms with Crippen molar-refractivity contribution in [2.45, 2.75) is 51.0 Å². The van der Waals surface area contributed by atoms with E-state index in [1.807, 2.05) is 30.0 Å². The first-order chi connectivity index (χ1) is 11.8. The topological polar surface area (TPSA) is 46.9 Å². The second-order valence-electron chi connectivity index (χ2n) is 6.29. The number of para-hydroxylation sites is 1. The van der Waals surface area contributed by atoms with Gasteiger partial charge < -0.3 is 5.32 Å². The second kappa shape index (κ2) is 8.77. The highest BCUT2D eigenvalue weighted by Crippen LogP contribution is 2.37. The molecule has 0 saturated carbocycles. The number of hydrogen-bond acceptors (Lipinski definition) is 3. The van der Waals surface area contributed by atoms with Crippen LogP contribution in [0.3, 0.4) is 0 Å². The van der Waals surface area contributed by atoms with Crippen molar-refractivity contribution in [2.24, 2.45) is 7.05 Å². The van der Waals surface area contributed by atoms with Crippen LogP contribution in [0.5, 0.6) is 0 Å². The highest BCUT2D eigenvalue weighted by Gasteiger charge is 2.21. The lowest BCUT2D eigenvalue weighted by atomic mass is 10.1. The number of rotatable bonds is 7. The van der Waals surface area contributed by atoms with Crippen LogP contribution in [0.1, 0.15) is 60.5 Å². The van der Waals surface area contributed by atoms with Crippen molar-refractivity contribution >= 4 is 35.0 Å². The van der Waals surface area contributed by atoms with Gasteiger partial charge in [-0.3, -0.25) is 9.48 Å². The first-order valence-electron chi connectivity index (χ1n) is 8.60. The Hall–Kier alpha value is -1.46. The summed E-state index contributed by atoms with van der Waals surface area (Å²) in [6.07, 6.45) is 2.37. The Morgan fingerprint density at radius 1 is 1.36 bits per heavy atom. The minimum absolute atomic E-state index is 0.221. The van der Waals surface area contributed by atoms with Crippen LogP contribution in [0.2, 0.25) is 5.15 Å². The molecule has 1 N–H and O–H groups in total. The highest BCUT2D eigenvalue weighted by molar-refractivity contribution is 8.00. The molecule has 0 spiro atoms. The summed E-state index contributed by atoms with van der Waals surface area (Å²) in [6.45, 7) is 8.43. The summed E-state index contributed by atoms with van der Waals surface area (Å²) in [5, 5.41) is 8.46. The van der Waals surface area contributed by atoms with E-state index in [9.17, 15) is 4.79 Å². The molecule has 2 unspecified atom stereocenters. The molecule has 2 aromatic rings. The number of amides is 1. The Balaban J connectivity index is 2.21. The van der Waals surface area contributed by atoms with E-state index in [1.165, 1.54) is 17.5 Å². The summed E-state index contributed by atoms with van der Waals surface area (Å²) in [5.74, 6) is -0.221. The molecular weight excluding hydrogens is 354 g/mol. The Morgan fingerprint density at radius 2 is 2.04 bits per heavy atom. The fourth-order valence-corrected chi connectivity index (χ4v) is 4.62. The zero-order valence-electron chi connectivity index (χ0n) is 15.5. The molecule has 0 bridgehead atoms. The molecule has 0 radical (unpaired) electrons. The summed E-state index contributed by atoms with van der Waals surface area (Å²) in [7, 11) is 1.73. The molecule has 4 nitrogen and oxygen atoms in total. The third-order valence-corrected chi connectivity index (χ3v) is 5.95. The van der Waals surface area contributed by atoms with Crippen LogP contribution in [0.25, 0.3) is 0 Å². The zero-order chi connectivity index (χ0) is 18.6. The molecule has 1 aromatic carbocycles. The van der Waals surface area contributed by atoms with Crippen molar-refractivity contribution in [1.82, 2.24) is 9.78 Å². The van der Waals surface area contributed by atoms with Crippen molar-refractivity contribution in [3.8, 4) is 0 Å². The van der Waals surface area contributed by atoms with Gasteiger partial charge in [0.25, 0.3) is 5.91 Å². The van der Waals surface area contributed by atoms with E-state index < -0.39 is 0 Å².